The van der Waals surface area contributed by atoms with E-state index >= 15 is 0 Å². The van der Waals surface area contributed by atoms with Gasteiger partial charge in [-0.2, -0.15) is 5.10 Å². The van der Waals surface area contributed by atoms with Crippen LogP contribution in [-0.4, -0.2) is 20.3 Å². The number of rotatable bonds is 4. The molecule has 0 aromatic carbocycles. The molecule has 0 saturated heterocycles. The zero-order chi connectivity index (χ0) is 14.8. The molecule has 2 aromatic heterocycles. The molecule has 0 aliphatic heterocycles. The molecule has 0 bridgehead atoms. The first-order valence-electron chi connectivity index (χ1n) is 7.03. The summed E-state index contributed by atoms with van der Waals surface area (Å²) in [6.07, 6.45) is 1.94. The SMILES string of the molecule is Cc1cc(C)n(Cc2ccc(CNC(C)(C)C)cn2)n1. The van der Waals surface area contributed by atoms with Crippen LogP contribution in [0, 0.1) is 13.8 Å². The molecule has 0 unspecified atom stereocenters. The average Bonchev–Trinajstić information content (AvgIpc) is 2.66. The molecule has 0 spiro atoms. The van der Waals surface area contributed by atoms with Gasteiger partial charge in [0.2, 0.25) is 0 Å². The van der Waals surface area contributed by atoms with E-state index in [4.69, 9.17) is 0 Å². The van der Waals surface area contributed by atoms with Crippen molar-refractivity contribution in [3.05, 3.63) is 47.0 Å². The third kappa shape index (κ3) is 4.17. The lowest BCUT2D eigenvalue weighted by molar-refractivity contribution is 0.424. The summed E-state index contributed by atoms with van der Waals surface area (Å²) >= 11 is 0. The van der Waals surface area contributed by atoms with Crippen LogP contribution in [0.2, 0.25) is 0 Å². The van der Waals surface area contributed by atoms with Crippen molar-refractivity contribution in [3.63, 3.8) is 0 Å². The highest BCUT2D eigenvalue weighted by atomic mass is 15.3. The van der Waals surface area contributed by atoms with Crippen LogP contribution in [0.25, 0.3) is 0 Å². The highest BCUT2D eigenvalue weighted by molar-refractivity contribution is 5.15. The second-order valence-electron chi connectivity index (χ2n) is 6.35. The van der Waals surface area contributed by atoms with Crippen molar-refractivity contribution < 1.29 is 0 Å². The van der Waals surface area contributed by atoms with Crippen molar-refractivity contribution in [1.29, 1.82) is 0 Å². The fraction of sp³-hybridized carbons (Fsp3) is 0.500. The molecule has 0 fully saturated rings. The lowest BCUT2D eigenvalue weighted by atomic mass is 10.1. The van der Waals surface area contributed by atoms with Crippen LogP contribution < -0.4 is 5.32 Å². The second kappa shape index (κ2) is 5.75. The van der Waals surface area contributed by atoms with E-state index in [-0.39, 0.29) is 5.54 Å². The fourth-order valence-corrected chi connectivity index (χ4v) is 2.01. The van der Waals surface area contributed by atoms with Gasteiger partial charge in [-0.25, -0.2) is 0 Å². The molecule has 2 heterocycles. The summed E-state index contributed by atoms with van der Waals surface area (Å²) in [5, 5.41) is 7.92. The summed E-state index contributed by atoms with van der Waals surface area (Å²) in [6, 6.07) is 6.30. The van der Waals surface area contributed by atoms with Crippen LogP contribution in [0.3, 0.4) is 0 Å². The van der Waals surface area contributed by atoms with E-state index in [0.29, 0.717) is 0 Å². The van der Waals surface area contributed by atoms with Crippen LogP contribution >= 0.6 is 0 Å². The van der Waals surface area contributed by atoms with E-state index in [1.165, 1.54) is 11.3 Å². The van der Waals surface area contributed by atoms with Crippen LogP contribution in [-0.2, 0) is 13.1 Å². The van der Waals surface area contributed by atoms with E-state index in [2.05, 4.69) is 61.3 Å². The summed E-state index contributed by atoms with van der Waals surface area (Å²) in [6.45, 7) is 12.1. The minimum absolute atomic E-state index is 0.127. The van der Waals surface area contributed by atoms with Crippen LogP contribution in [0.1, 0.15) is 43.4 Å². The van der Waals surface area contributed by atoms with Gasteiger partial charge in [0.25, 0.3) is 0 Å². The van der Waals surface area contributed by atoms with E-state index in [9.17, 15) is 0 Å². The Morgan fingerprint density at radius 3 is 2.45 bits per heavy atom. The van der Waals surface area contributed by atoms with Crippen molar-refractivity contribution in [2.45, 2.75) is 53.2 Å². The summed E-state index contributed by atoms with van der Waals surface area (Å²) in [5.41, 5.74) is 4.59. The molecule has 0 aliphatic carbocycles. The smallest absolute Gasteiger partial charge is 0.0834 e. The van der Waals surface area contributed by atoms with Crippen molar-refractivity contribution in [2.24, 2.45) is 0 Å². The van der Waals surface area contributed by atoms with Gasteiger partial charge in [0.15, 0.2) is 0 Å². The Morgan fingerprint density at radius 1 is 1.20 bits per heavy atom. The molecular formula is C16H24N4. The quantitative estimate of drug-likeness (QED) is 0.930. The topological polar surface area (TPSA) is 42.7 Å². The van der Waals surface area contributed by atoms with E-state index in [1.807, 2.05) is 17.8 Å². The van der Waals surface area contributed by atoms with Crippen LogP contribution in [0.15, 0.2) is 24.4 Å². The molecule has 1 N–H and O–H groups in total. The number of aryl methyl sites for hydroxylation is 2. The summed E-state index contributed by atoms with van der Waals surface area (Å²) in [5.74, 6) is 0. The molecule has 108 valence electrons. The van der Waals surface area contributed by atoms with Gasteiger partial charge in [-0.15, -0.1) is 0 Å². The first kappa shape index (κ1) is 14.7. The van der Waals surface area contributed by atoms with Crippen molar-refractivity contribution >= 4 is 0 Å². The van der Waals surface area contributed by atoms with Gasteiger partial charge in [-0.1, -0.05) is 6.07 Å². The van der Waals surface area contributed by atoms with E-state index in [1.54, 1.807) is 0 Å². The van der Waals surface area contributed by atoms with Gasteiger partial charge in [0, 0.05) is 24.0 Å². The molecule has 0 saturated carbocycles. The van der Waals surface area contributed by atoms with Gasteiger partial charge in [0.1, 0.15) is 0 Å². The normalized spacial score (nSPS) is 11.8. The Bertz CT molecular complexity index is 561. The number of nitrogens with zero attached hydrogens (tertiary/aromatic N) is 3. The molecular weight excluding hydrogens is 248 g/mol. The van der Waals surface area contributed by atoms with E-state index in [0.717, 1.165) is 24.5 Å². The van der Waals surface area contributed by atoms with Gasteiger partial charge >= 0.3 is 0 Å². The standard InChI is InChI=1S/C16H24N4/c1-12-8-13(2)20(19-12)11-15-7-6-14(9-17-15)10-18-16(3,4)5/h6-9,18H,10-11H2,1-5H3. The zero-order valence-electron chi connectivity index (χ0n) is 13.1. The maximum absolute atomic E-state index is 4.52. The number of nitrogens with one attached hydrogen (secondary N) is 1. The van der Waals surface area contributed by atoms with Crippen molar-refractivity contribution in [1.82, 2.24) is 20.1 Å². The molecule has 0 amide bonds. The molecule has 20 heavy (non-hydrogen) atoms. The summed E-state index contributed by atoms with van der Waals surface area (Å²) in [4.78, 5) is 4.52. The van der Waals surface area contributed by atoms with E-state index < -0.39 is 0 Å². The Kier molecular flexibility index (Phi) is 4.23. The van der Waals surface area contributed by atoms with Gasteiger partial charge < -0.3 is 5.32 Å². The largest absolute Gasteiger partial charge is 0.308 e. The Hall–Kier alpha value is -1.68. The molecule has 4 heteroatoms. The second-order valence-corrected chi connectivity index (χ2v) is 6.35. The third-order valence-electron chi connectivity index (χ3n) is 3.12. The minimum atomic E-state index is 0.127. The first-order chi connectivity index (χ1) is 9.33. The summed E-state index contributed by atoms with van der Waals surface area (Å²) in [7, 11) is 0. The van der Waals surface area contributed by atoms with Gasteiger partial charge in [-0.3, -0.25) is 9.67 Å². The Labute approximate surface area is 121 Å². The number of aromatic nitrogens is 3. The fourth-order valence-electron chi connectivity index (χ4n) is 2.01. The number of hydrogen-bond donors (Lipinski definition) is 1. The van der Waals surface area contributed by atoms with Gasteiger partial charge in [0.05, 0.1) is 17.9 Å². The minimum Gasteiger partial charge on any atom is -0.308 e. The monoisotopic (exact) mass is 272 g/mol. The summed E-state index contributed by atoms with van der Waals surface area (Å²) < 4.78 is 1.99. The highest BCUT2D eigenvalue weighted by Gasteiger charge is 2.08. The Morgan fingerprint density at radius 2 is 1.95 bits per heavy atom. The first-order valence-corrected chi connectivity index (χ1v) is 7.03. The van der Waals surface area contributed by atoms with Crippen LogP contribution in [0.5, 0.6) is 0 Å². The Balaban J connectivity index is 2.00. The van der Waals surface area contributed by atoms with Crippen LogP contribution in [0.4, 0.5) is 0 Å². The molecule has 0 atom stereocenters. The zero-order valence-corrected chi connectivity index (χ0v) is 13.1. The number of pyridine rings is 1. The van der Waals surface area contributed by atoms with Crippen molar-refractivity contribution in [3.8, 4) is 0 Å². The van der Waals surface area contributed by atoms with Gasteiger partial charge in [-0.05, 0) is 52.3 Å². The van der Waals surface area contributed by atoms with Crippen molar-refractivity contribution in [2.75, 3.05) is 0 Å². The molecule has 0 aliphatic rings. The molecule has 0 radical (unpaired) electrons. The lowest BCUT2D eigenvalue weighted by Crippen LogP contribution is -2.35. The maximum Gasteiger partial charge on any atom is 0.0834 e. The number of hydrogen-bond acceptors (Lipinski definition) is 3. The highest BCUT2D eigenvalue weighted by Crippen LogP contribution is 2.08. The predicted octanol–water partition coefficient (Wildman–Crippen LogP) is 2.83. The molecule has 2 rings (SSSR count). The molecule has 4 nitrogen and oxygen atoms in total. The lowest BCUT2D eigenvalue weighted by Gasteiger charge is -2.20. The maximum atomic E-state index is 4.52. The molecule has 2 aromatic rings. The average molecular weight is 272 g/mol. The predicted molar refractivity (Wildman–Crippen MR) is 81.6 cm³/mol. The third-order valence-corrected chi connectivity index (χ3v) is 3.12.